The van der Waals surface area contributed by atoms with Gasteiger partial charge in [0.1, 0.15) is 5.69 Å². The summed E-state index contributed by atoms with van der Waals surface area (Å²) in [6, 6.07) is 21.1. The zero-order chi connectivity index (χ0) is 24.6. The van der Waals surface area contributed by atoms with Gasteiger partial charge in [-0.25, -0.2) is 4.98 Å². The van der Waals surface area contributed by atoms with Crippen molar-refractivity contribution in [3.63, 3.8) is 0 Å². The second kappa shape index (κ2) is 9.06. The van der Waals surface area contributed by atoms with E-state index in [-0.39, 0.29) is 0 Å². The van der Waals surface area contributed by atoms with Crippen molar-refractivity contribution in [1.29, 1.82) is 0 Å². The molecular weight excluding hydrogens is 444 g/mol. The molecule has 0 radical (unpaired) electrons. The summed E-state index contributed by atoms with van der Waals surface area (Å²) in [6.07, 6.45) is 3.89. The molecule has 3 aromatic carbocycles. The molecule has 0 saturated carbocycles. The summed E-state index contributed by atoms with van der Waals surface area (Å²) < 4.78 is 0. The molecule has 0 atom stereocenters. The lowest BCUT2D eigenvalue weighted by Crippen LogP contribution is -2.13. The Balaban J connectivity index is 1.46. The van der Waals surface area contributed by atoms with Crippen LogP contribution in [0.1, 0.15) is 23.6 Å². The number of pyridine rings is 1. The quantitative estimate of drug-likeness (QED) is 0.256. The Kier molecular flexibility index (Phi) is 5.58. The highest BCUT2D eigenvalue weighted by Crippen LogP contribution is 2.34. The summed E-state index contributed by atoms with van der Waals surface area (Å²) in [5.74, 6) is 0.755. The lowest BCUT2D eigenvalue weighted by Gasteiger charge is -2.11. The van der Waals surface area contributed by atoms with E-state index in [1.165, 1.54) is 22.3 Å². The minimum absolute atomic E-state index is 0.755. The molecule has 0 spiro atoms. The summed E-state index contributed by atoms with van der Waals surface area (Å²) in [5.41, 5.74) is 12.0. The van der Waals surface area contributed by atoms with Gasteiger partial charge >= 0.3 is 0 Å². The Morgan fingerprint density at radius 2 is 1.72 bits per heavy atom. The van der Waals surface area contributed by atoms with Crippen LogP contribution in [0.5, 0.6) is 0 Å². The Morgan fingerprint density at radius 1 is 0.861 bits per heavy atom. The molecule has 0 unspecified atom stereocenters. The van der Waals surface area contributed by atoms with Gasteiger partial charge in [0.2, 0.25) is 0 Å². The third-order valence-electron chi connectivity index (χ3n) is 6.93. The average Bonchev–Trinajstić information content (AvgIpc) is 3.52. The number of para-hydroxylation sites is 1. The monoisotopic (exact) mass is 472 g/mol. The van der Waals surface area contributed by atoms with Crippen LogP contribution >= 0.6 is 0 Å². The molecule has 0 aliphatic rings. The van der Waals surface area contributed by atoms with E-state index in [1.54, 1.807) is 0 Å². The first-order valence-corrected chi connectivity index (χ1v) is 12.3. The molecule has 178 valence electrons. The van der Waals surface area contributed by atoms with Gasteiger partial charge in [0.15, 0.2) is 5.82 Å². The van der Waals surface area contributed by atoms with Gasteiger partial charge in [-0.2, -0.15) is 5.10 Å². The van der Waals surface area contributed by atoms with Gasteiger partial charge < -0.3 is 10.3 Å². The predicted molar refractivity (Wildman–Crippen MR) is 147 cm³/mol. The smallest absolute Gasteiger partial charge is 0.159 e. The SMILES string of the molecule is CCNCc1cncc(-c2ccc3[nH]nc(-c4nc5c(-c6ccccc6C)cccc5[nH]4)c3c2)c1C. The van der Waals surface area contributed by atoms with Crippen molar-refractivity contribution < 1.29 is 0 Å². The van der Waals surface area contributed by atoms with Crippen molar-refractivity contribution in [1.82, 2.24) is 30.5 Å². The fourth-order valence-electron chi connectivity index (χ4n) is 4.90. The molecule has 0 saturated heterocycles. The number of rotatable bonds is 6. The molecule has 0 aliphatic carbocycles. The first-order valence-electron chi connectivity index (χ1n) is 12.3. The maximum atomic E-state index is 5.03. The highest BCUT2D eigenvalue weighted by atomic mass is 15.1. The summed E-state index contributed by atoms with van der Waals surface area (Å²) in [6.45, 7) is 8.15. The first-order chi connectivity index (χ1) is 17.6. The third kappa shape index (κ3) is 3.76. The van der Waals surface area contributed by atoms with E-state index in [1.807, 2.05) is 12.4 Å². The van der Waals surface area contributed by atoms with Crippen molar-refractivity contribution in [2.24, 2.45) is 0 Å². The van der Waals surface area contributed by atoms with Crippen LogP contribution in [-0.2, 0) is 6.54 Å². The van der Waals surface area contributed by atoms with Crippen molar-refractivity contribution in [3.05, 3.63) is 89.7 Å². The summed E-state index contributed by atoms with van der Waals surface area (Å²) in [4.78, 5) is 13.1. The molecule has 6 heteroatoms. The fraction of sp³-hybridized carbons (Fsp3) is 0.167. The highest BCUT2D eigenvalue weighted by molar-refractivity contribution is 5.98. The lowest BCUT2D eigenvalue weighted by molar-refractivity contribution is 0.721. The molecule has 0 fully saturated rings. The minimum atomic E-state index is 0.755. The minimum Gasteiger partial charge on any atom is -0.337 e. The number of H-pyrrole nitrogens is 2. The van der Waals surface area contributed by atoms with Crippen LogP contribution in [0, 0.1) is 13.8 Å². The number of nitrogens with zero attached hydrogens (tertiary/aromatic N) is 3. The van der Waals surface area contributed by atoms with Crippen LogP contribution in [-0.4, -0.2) is 31.7 Å². The van der Waals surface area contributed by atoms with Crippen LogP contribution in [0.25, 0.3) is 55.7 Å². The Bertz CT molecular complexity index is 1710. The maximum absolute atomic E-state index is 5.03. The number of hydrogen-bond donors (Lipinski definition) is 3. The predicted octanol–water partition coefficient (Wildman–Crippen LogP) is 6.56. The summed E-state index contributed by atoms with van der Waals surface area (Å²) in [5, 5.41) is 12.3. The molecule has 6 nitrogen and oxygen atoms in total. The molecule has 6 aromatic rings. The zero-order valence-electron chi connectivity index (χ0n) is 20.7. The van der Waals surface area contributed by atoms with Gasteiger partial charge in [-0.15, -0.1) is 0 Å². The van der Waals surface area contributed by atoms with Crippen LogP contribution in [0.2, 0.25) is 0 Å². The number of imidazole rings is 1. The molecular formula is C30H28N6. The maximum Gasteiger partial charge on any atom is 0.159 e. The van der Waals surface area contributed by atoms with Gasteiger partial charge in [0.05, 0.1) is 16.6 Å². The number of aryl methyl sites for hydroxylation is 1. The highest BCUT2D eigenvalue weighted by Gasteiger charge is 2.17. The molecule has 0 amide bonds. The van der Waals surface area contributed by atoms with E-state index in [4.69, 9.17) is 4.98 Å². The number of hydrogen-bond acceptors (Lipinski definition) is 4. The Labute approximate surface area is 209 Å². The van der Waals surface area contributed by atoms with Gasteiger partial charge in [-0.3, -0.25) is 10.1 Å². The van der Waals surface area contributed by atoms with Gasteiger partial charge in [0, 0.05) is 35.5 Å². The standard InChI is InChI=1S/C30H28N6/c1-4-31-15-21-16-32-17-25(19(21)3)20-12-13-26-24(14-20)29(36-35-26)30-33-27-11-7-10-23(28(27)34-30)22-9-6-5-8-18(22)2/h5-14,16-17,31H,4,15H2,1-3H3,(H,33,34)(H,35,36). The number of fused-ring (bicyclic) bond motifs is 2. The van der Waals surface area contributed by atoms with E-state index in [9.17, 15) is 0 Å². The lowest BCUT2D eigenvalue weighted by atomic mass is 9.98. The van der Waals surface area contributed by atoms with Gasteiger partial charge in [-0.05, 0) is 66.4 Å². The zero-order valence-corrected chi connectivity index (χ0v) is 20.7. The van der Waals surface area contributed by atoms with E-state index in [0.717, 1.165) is 63.2 Å². The number of aromatic amines is 2. The van der Waals surface area contributed by atoms with Gasteiger partial charge in [-0.1, -0.05) is 49.4 Å². The molecule has 36 heavy (non-hydrogen) atoms. The van der Waals surface area contributed by atoms with Crippen molar-refractivity contribution in [3.8, 4) is 33.8 Å². The van der Waals surface area contributed by atoms with Crippen LogP contribution in [0.3, 0.4) is 0 Å². The van der Waals surface area contributed by atoms with Crippen molar-refractivity contribution >= 4 is 21.9 Å². The molecule has 0 bridgehead atoms. The first kappa shape index (κ1) is 22.2. The number of nitrogens with one attached hydrogen (secondary N) is 3. The Morgan fingerprint density at radius 3 is 2.58 bits per heavy atom. The van der Waals surface area contributed by atoms with E-state index in [0.29, 0.717) is 0 Å². The third-order valence-corrected chi connectivity index (χ3v) is 6.93. The van der Waals surface area contributed by atoms with E-state index < -0.39 is 0 Å². The molecule has 6 rings (SSSR count). The second-order valence-corrected chi connectivity index (χ2v) is 9.19. The summed E-state index contributed by atoms with van der Waals surface area (Å²) in [7, 11) is 0. The van der Waals surface area contributed by atoms with Crippen LogP contribution in [0.15, 0.2) is 73.1 Å². The van der Waals surface area contributed by atoms with Crippen molar-refractivity contribution in [2.45, 2.75) is 27.3 Å². The Hall–Kier alpha value is -4.29. The molecule has 3 N–H and O–H groups in total. The van der Waals surface area contributed by atoms with E-state index >= 15 is 0 Å². The average molecular weight is 473 g/mol. The number of benzene rings is 3. The summed E-state index contributed by atoms with van der Waals surface area (Å²) >= 11 is 0. The number of aromatic nitrogens is 5. The van der Waals surface area contributed by atoms with Crippen LogP contribution < -0.4 is 5.32 Å². The normalized spacial score (nSPS) is 11.5. The van der Waals surface area contributed by atoms with E-state index in [2.05, 4.69) is 107 Å². The largest absolute Gasteiger partial charge is 0.337 e. The van der Waals surface area contributed by atoms with Crippen molar-refractivity contribution in [2.75, 3.05) is 6.54 Å². The van der Waals surface area contributed by atoms with Crippen LogP contribution in [0.4, 0.5) is 0 Å². The van der Waals surface area contributed by atoms with Gasteiger partial charge in [0.25, 0.3) is 0 Å². The molecule has 3 aromatic heterocycles. The second-order valence-electron chi connectivity index (χ2n) is 9.19. The fourth-order valence-corrected chi connectivity index (χ4v) is 4.90. The topological polar surface area (TPSA) is 82.3 Å². The molecule has 3 heterocycles. The molecule has 0 aliphatic heterocycles.